The topological polar surface area (TPSA) is 85.3 Å². The van der Waals surface area contributed by atoms with E-state index in [1.807, 2.05) is 38.1 Å². The fourth-order valence-corrected chi connectivity index (χ4v) is 4.05. The highest BCUT2D eigenvalue weighted by Gasteiger charge is 2.46. The van der Waals surface area contributed by atoms with Crippen molar-refractivity contribution >= 4 is 17.4 Å². The van der Waals surface area contributed by atoms with E-state index in [1.54, 1.807) is 18.2 Å². The Balaban J connectivity index is 2.16. The van der Waals surface area contributed by atoms with Gasteiger partial charge in [-0.15, -0.1) is 0 Å². The standard InChI is InChI=1S/C27H33NO6/c1-16(2)18-7-9-19(10-8-18)24-23(26(30)27(31)28(24)13-14-34-17(3)4)25(29)21-15-20(32-5)11-12-22(21)33-6/h7-12,15-17,24,29H,13-14H2,1-6H3/b25-23+. The molecular formula is C27H33NO6. The Morgan fingerprint density at radius 2 is 1.68 bits per heavy atom. The number of amides is 1. The van der Waals surface area contributed by atoms with Crippen LogP contribution in [0, 0.1) is 0 Å². The molecule has 0 saturated carbocycles. The molecule has 2 aromatic rings. The van der Waals surface area contributed by atoms with Gasteiger partial charge in [0.2, 0.25) is 0 Å². The van der Waals surface area contributed by atoms with Gasteiger partial charge in [-0.3, -0.25) is 9.59 Å². The summed E-state index contributed by atoms with van der Waals surface area (Å²) >= 11 is 0. The van der Waals surface area contributed by atoms with Gasteiger partial charge in [-0.2, -0.15) is 0 Å². The first-order chi connectivity index (χ1) is 16.2. The van der Waals surface area contributed by atoms with Crippen molar-refractivity contribution in [2.45, 2.75) is 45.8 Å². The minimum absolute atomic E-state index is 0.0124. The van der Waals surface area contributed by atoms with E-state index >= 15 is 0 Å². The van der Waals surface area contributed by atoms with Crippen molar-refractivity contribution in [1.29, 1.82) is 0 Å². The van der Waals surface area contributed by atoms with E-state index in [0.717, 1.165) is 11.1 Å². The molecule has 1 saturated heterocycles. The summed E-state index contributed by atoms with van der Waals surface area (Å²) in [7, 11) is 2.98. The molecule has 34 heavy (non-hydrogen) atoms. The Kier molecular flexibility index (Phi) is 7.99. The number of Topliss-reactive ketones (excluding diaryl/α,β-unsaturated/α-hetero) is 1. The highest BCUT2D eigenvalue weighted by molar-refractivity contribution is 6.46. The average Bonchev–Trinajstić information content (AvgIpc) is 3.08. The molecule has 1 fully saturated rings. The summed E-state index contributed by atoms with van der Waals surface area (Å²) in [6, 6.07) is 11.9. The van der Waals surface area contributed by atoms with Gasteiger partial charge >= 0.3 is 0 Å². The van der Waals surface area contributed by atoms with Crippen molar-refractivity contribution in [2.75, 3.05) is 27.4 Å². The van der Waals surface area contributed by atoms with Gasteiger partial charge in [0.25, 0.3) is 11.7 Å². The number of benzene rings is 2. The van der Waals surface area contributed by atoms with Crippen molar-refractivity contribution in [2.24, 2.45) is 0 Å². The molecule has 1 N–H and O–H groups in total. The second kappa shape index (κ2) is 10.7. The summed E-state index contributed by atoms with van der Waals surface area (Å²) in [5, 5.41) is 11.4. The van der Waals surface area contributed by atoms with Crippen molar-refractivity contribution in [3.63, 3.8) is 0 Å². The molecule has 0 radical (unpaired) electrons. The zero-order chi connectivity index (χ0) is 25.0. The van der Waals surface area contributed by atoms with E-state index in [2.05, 4.69) is 13.8 Å². The van der Waals surface area contributed by atoms with E-state index < -0.39 is 17.7 Å². The van der Waals surface area contributed by atoms with Gasteiger partial charge in [-0.1, -0.05) is 38.1 Å². The molecule has 3 rings (SSSR count). The molecule has 1 heterocycles. The zero-order valence-corrected chi connectivity index (χ0v) is 20.6. The molecule has 1 unspecified atom stereocenters. The predicted molar refractivity (Wildman–Crippen MR) is 130 cm³/mol. The quantitative estimate of drug-likeness (QED) is 0.328. The summed E-state index contributed by atoms with van der Waals surface area (Å²) < 4.78 is 16.3. The van der Waals surface area contributed by atoms with Crippen LogP contribution in [0.4, 0.5) is 0 Å². The maximum atomic E-state index is 13.2. The second-order valence-electron chi connectivity index (χ2n) is 8.80. The van der Waals surface area contributed by atoms with Crippen LogP contribution in [0.3, 0.4) is 0 Å². The number of carbonyl (C=O) groups excluding carboxylic acids is 2. The minimum Gasteiger partial charge on any atom is -0.507 e. The molecule has 1 aliphatic rings. The molecule has 0 aliphatic carbocycles. The van der Waals surface area contributed by atoms with Crippen LogP contribution in [-0.4, -0.2) is 55.2 Å². The normalized spacial score (nSPS) is 17.6. The molecule has 0 bridgehead atoms. The summed E-state index contributed by atoms with van der Waals surface area (Å²) in [4.78, 5) is 27.8. The van der Waals surface area contributed by atoms with E-state index in [1.165, 1.54) is 19.1 Å². The van der Waals surface area contributed by atoms with Crippen molar-refractivity contribution in [1.82, 2.24) is 4.90 Å². The number of ether oxygens (including phenoxy) is 3. The Bertz CT molecular complexity index is 1070. The van der Waals surface area contributed by atoms with Gasteiger partial charge in [-0.05, 0) is 49.1 Å². The van der Waals surface area contributed by atoms with Crippen LogP contribution in [0.25, 0.3) is 5.76 Å². The lowest BCUT2D eigenvalue weighted by molar-refractivity contribution is -0.140. The van der Waals surface area contributed by atoms with Crippen LogP contribution in [-0.2, 0) is 14.3 Å². The summed E-state index contributed by atoms with van der Waals surface area (Å²) in [5.41, 5.74) is 2.16. The lowest BCUT2D eigenvalue weighted by Crippen LogP contribution is -2.33. The maximum Gasteiger partial charge on any atom is 0.295 e. The third-order valence-electron chi connectivity index (χ3n) is 5.90. The number of methoxy groups -OCH3 is 2. The minimum atomic E-state index is -0.757. The molecule has 1 atom stereocenters. The number of hydrogen-bond acceptors (Lipinski definition) is 6. The average molecular weight is 468 g/mol. The van der Waals surface area contributed by atoms with Gasteiger partial charge in [0.15, 0.2) is 0 Å². The van der Waals surface area contributed by atoms with Crippen molar-refractivity contribution in [3.8, 4) is 11.5 Å². The summed E-state index contributed by atoms with van der Waals surface area (Å²) in [6.07, 6.45) is -0.0124. The largest absolute Gasteiger partial charge is 0.507 e. The highest BCUT2D eigenvalue weighted by Crippen LogP contribution is 2.41. The Morgan fingerprint density at radius 1 is 1.00 bits per heavy atom. The SMILES string of the molecule is COc1ccc(OC)c(/C(O)=C2\C(=O)C(=O)N(CCOC(C)C)C2c2ccc(C(C)C)cc2)c1. The van der Waals surface area contributed by atoms with Gasteiger partial charge in [-0.25, -0.2) is 0 Å². The Morgan fingerprint density at radius 3 is 2.24 bits per heavy atom. The zero-order valence-electron chi connectivity index (χ0n) is 20.6. The molecule has 0 spiro atoms. The molecule has 182 valence electrons. The van der Waals surface area contributed by atoms with Gasteiger partial charge in [0.05, 0.1) is 44.1 Å². The Hall–Kier alpha value is -3.32. The lowest BCUT2D eigenvalue weighted by atomic mass is 9.93. The van der Waals surface area contributed by atoms with Crippen molar-refractivity contribution < 1.29 is 28.9 Å². The highest BCUT2D eigenvalue weighted by atomic mass is 16.5. The summed E-state index contributed by atoms with van der Waals surface area (Å²) in [6.45, 7) is 8.49. The summed E-state index contributed by atoms with van der Waals surface area (Å²) in [5.74, 6) is -0.542. The van der Waals surface area contributed by atoms with E-state index in [-0.39, 0.29) is 36.2 Å². The van der Waals surface area contributed by atoms with Crippen LogP contribution in [0.5, 0.6) is 11.5 Å². The second-order valence-corrected chi connectivity index (χ2v) is 8.80. The van der Waals surface area contributed by atoms with Gasteiger partial charge < -0.3 is 24.2 Å². The first-order valence-electron chi connectivity index (χ1n) is 11.4. The number of rotatable bonds is 9. The van der Waals surface area contributed by atoms with E-state index in [9.17, 15) is 14.7 Å². The van der Waals surface area contributed by atoms with Crippen molar-refractivity contribution in [3.05, 3.63) is 64.7 Å². The number of likely N-dealkylation sites (tertiary alicyclic amines) is 1. The number of ketones is 1. The Labute approximate surface area is 200 Å². The smallest absolute Gasteiger partial charge is 0.295 e. The monoisotopic (exact) mass is 467 g/mol. The predicted octanol–water partition coefficient (Wildman–Crippen LogP) is 4.67. The number of nitrogens with zero attached hydrogens (tertiary/aromatic N) is 1. The molecular weight excluding hydrogens is 434 g/mol. The lowest BCUT2D eigenvalue weighted by Gasteiger charge is -2.26. The number of hydrogen-bond donors (Lipinski definition) is 1. The van der Waals surface area contributed by atoms with Gasteiger partial charge in [0, 0.05) is 6.54 Å². The molecule has 7 heteroatoms. The molecule has 2 aromatic carbocycles. The molecule has 7 nitrogen and oxygen atoms in total. The molecule has 0 aromatic heterocycles. The van der Waals surface area contributed by atoms with Gasteiger partial charge in [0.1, 0.15) is 17.3 Å². The maximum absolute atomic E-state index is 13.2. The first kappa shape index (κ1) is 25.3. The molecule has 1 aliphatic heterocycles. The third kappa shape index (κ3) is 5.09. The third-order valence-corrected chi connectivity index (χ3v) is 5.90. The number of carbonyl (C=O) groups is 2. The number of aliphatic hydroxyl groups excluding tert-OH is 1. The van der Waals surface area contributed by atoms with Crippen LogP contribution < -0.4 is 9.47 Å². The number of aliphatic hydroxyl groups is 1. The molecule has 1 amide bonds. The van der Waals surface area contributed by atoms with Crippen LogP contribution >= 0.6 is 0 Å². The van der Waals surface area contributed by atoms with Crippen LogP contribution in [0.1, 0.15) is 56.3 Å². The van der Waals surface area contributed by atoms with Crippen LogP contribution in [0.15, 0.2) is 48.0 Å². The van der Waals surface area contributed by atoms with E-state index in [4.69, 9.17) is 14.2 Å². The fourth-order valence-electron chi connectivity index (χ4n) is 4.05. The fraction of sp³-hybridized carbons (Fsp3) is 0.407. The first-order valence-corrected chi connectivity index (χ1v) is 11.4. The van der Waals surface area contributed by atoms with Crippen LogP contribution in [0.2, 0.25) is 0 Å². The van der Waals surface area contributed by atoms with E-state index in [0.29, 0.717) is 17.4 Å².